The lowest BCUT2D eigenvalue weighted by Gasteiger charge is -2.20. The molecule has 21 heavy (non-hydrogen) atoms. The van der Waals surface area contributed by atoms with Gasteiger partial charge in [0.1, 0.15) is 10.6 Å². The van der Waals surface area contributed by atoms with Crippen LogP contribution in [0, 0.1) is 0 Å². The van der Waals surface area contributed by atoms with Gasteiger partial charge >= 0.3 is 0 Å². The van der Waals surface area contributed by atoms with Crippen LogP contribution in [0.15, 0.2) is 0 Å². The molecule has 6 nitrogen and oxygen atoms in total. The first-order valence-corrected chi connectivity index (χ1v) is 8.34. The molecule has 1 aromatic rings. The molecule has 118 valence electrons. The maximum atomic E-state index is 12.2. The third kappa shape index (κ3) is 4.31. The Kier molecular flexibility index (Phi) is 5.41. The summed E-state index contributed by atoms with van der Waals surface area (Å²) >= 11 is 1.25. The van der Waals surface area contributed by atoms with E-state index in [0.717, 1.165) is 30.7 Å². The second kappa shape index (κ2) is 7.09. The Morgan fingerprint density at radius 1 is 1.52 bits per heavy atom. The molecule has 1 aliphatic rings. The van der Waals surface area contributed by atoms with Gasteiger partial charge in [0.2, 0.25) is 0 Å². The fourth-order valence-corrected chi connectivity index (χ4v) is 3.06. The lowest BCUT2D eigenvalue weighted by molar-refractivity contribution is 0.0945. The van der Waals surface area contributed by atoms with Crippen LogP contribution in [0.5, 0.6) is 0 Å². The zero-order valence-corrected chi connectivity index (χ0v) is 13.8. The molecular weight excluding hydrogens is 286 g/mol. The summed E-state index contributed by atoms with van der Waals surface area (Å²) in [7, 11) is 0. The Hall–Kier alpha value is -1.34. The van der Waals surface area contributed by atoms with E-state index in [1.54, 1.807) is 0 Å². The number of anilines is 2. The second-order valence-corrected chi connectivity index (χ2v) is 6.46. The van der Waals surface area contributed by atoms with Crippen molar-refractivity contribution in [3.63, 3.8) is 0 Å². The number of hydrogen-bond acceptors (Lipinski definition) is 6. The van der Waals surface area contributed by atoms with Gasteiger partial charge in [-0.2, -0.15) is 4.37 Å². The number of nitrogens with zero attached hydrogens (tertiary/aromatic N) is 2. The minimum atomic E-state index is -0.159. The van der Waals surface area contributed by atoms with Gasteiger partial charge in [-0.3, -0.25) is 9.69 Å². The van der Waals surface area contributed by atoms with Crippen LogP contribution in [0.2, 0.25) is 0 Å². The van der Waals surface area contributed by atoms with Crippen molar-refractivity contribution in [2.45, 2.75) is 45.7 Å². The summed E-state index contributed by atoms with van der Waals surface area (Å²) in [5, 5.41) is 6.93. The molecule has 0 bridgehead atoms. The van der Waals surface area contributed by atoms with Crippen molar-refractivity contribution in [2.75, 3.05) is 30.7 Å². The van der Waals surface area contributed by atoms with Crippen LogP contribution in [-0.2, 0) is 0 Å². The second-order valence-electron chi connectivity index (χ2n) is 5.69. The Morgan fingerprint density at radius 3 is 2.81 bits per heavy atom. The lowest BCUT2D eigenvalue weighted by Crippen LogP contribution is -2.32. The number of likely N-dealkylation sites (N-methyl/N-ethyl adjacent to an activating group) is 1. The van der Waals surface area contributed by atoms with Crippen LogP contribution in [0.25, 0.3) is 0 Å². The SMILES string of the molecule is CCN(CCNc1snc(N)c1C(=O)NC(C)C)C1CC1. The predicted molar refractivity (Wildman–Crippen MR) is 87.9 cm³/mol. The van der Waals surface area contributed by atoms with Gasteiger partial charge in [-0.15, -0.1) is 0 Å². The molecule has 0 aliphatic heterocycles. The minimum absolute atomic E-state index is 0.0788. The monoisotopic (exact) mass is 311 g/mol. The van der Waals surface area contributed by atoms with Crippen LogP contribution in [0.4, 0.5) is 10.8 Å². The summed E-state index contributed by atoms with van der Waals surface area (Å²) in [6.07, 6.45) is 2.62. The third-order valence-electron chi connectivity index (χ3n) is 3.52. The first kappa shape index (κ1) is 16.0. The van der Waals surface area contributed by atoms with Crippen LogP contribution in [-0.4, -0.2) is 46.9 Å². The standard InChI is InChI=1S/C14H25N5OS/c1-4-19(10-5-6-10)8-7-16-14-11(12(15)18-21-14)13(20)17-9(2)3/h9-10,16H,4-8H2,1-3H3,(H2,15,18)(H,17,20). The average Bonchev–Trinajstić information content (AvgIpc) is 3.18. The Labute approximate surface area is 130 Å². The van der Waals surface area contributed by atoms with Gasteiger partial charge in [0, 0.05) is 25.2 Å². The summed E-state index contributed by atoms with van der Waals surface area (Å²) in [6, 6.07) is 0.835. The van der Waals surface area contributed by atoms with Crippen LogP contribution in [0.3, 0.4) is 0 Å². The highest BCUT2D eigenvalue weighted by Crippen LogP contribution is 2.28. The van der Waals surface area contributed by atoms with Gasteiger partial charge in [-0.25, -0.2) is 0 Å². The number of amides is 1. The van der Waals surface area contributed by atoms with E-state index in [1.165, 1.54) is 24.4 Å². The Balaban J connectivity index is 1.92. The molecule has 0 radical (unpaired) electrons. The highest BCUT2D eigenvalue weighted by molar-refractivity contribution is 7.11. The number of carbonyl (C=O) groups excluding carboxylic acids is 1. The summed E-state index contributed by atoms with van der Waals surface area (Å²) in [5.41, 5.74) is 6.30. The van der Waals surface area contributed by atoms with Crippen LogP contribution >= 0.6 is 11.5 Å². The summed E-state index contributed by atoms with van der Waals surface area (Å²) in [5.74, 6) is 0.142. The van der Waals surface area contributed by atoms with Crippen molar-refractivity contribution in [1.29, 1.82) is 0 Å². The van der Waals surface area contributed by atoms with E-state index in [0.29, 0.717) is 11.4 Å². The molecule has 0 atom stereocenters. The normalized spacial score (nSPS) is 14.7. The summed E-state index contributed by atoms with van der Waals surface area (Å²) in [6.45, 7) is 8.88. The number of rotatable bonds is 8. The fraction of sp³-hybridized carbons (Fsp3) is 0.714. The van der Waals surface area contributed by atoms with Gasteiger partial charge < -0.3 is 16.4 Å². The molecule has 2 rings (SSSR count). The van der Waals surface area contributed by atoms with E-state index in [-0.39, 0.29) is 11.9 Å². The van der Waals surface area contributed by atoms with Crippen molar-refractivity contribution in [3.05, 3.63) is 5.56 Å². The van der Waals surface area contributed by atoms with Gasteiger partial charge in [0.25, 0.3) is 5.91 Å². The molecule has 1 heterocycles. The zero-order valence-electron chi connectivity index (χ0n) is 13.0. The molecule has 0 saturated heterocycles. The molecule has 1 aromatic heterocycles. The molecule has 4 N–H and O–H groups in total. The first-order chi connectivity index (χ1) is 10.0. The number of hydrogen-bond donors (Lipinski definition) is 3. The van der Waals surface area contributed by atoms with E-state index in [4.69, 9.17) is 5.73 Å². The first-order valence-electron chi connectivity index (χ1n) is 7.56. The van der Waals surface area contributed by atoms with E-state index in [9.17, 15) is 4.79 Å². The lowest BCUT2D eigenvalue weighted by atomic mass is 10.2. The van der Waals surface area contributed by atoms with Crippen molar-refractivity contribution >= 4 is 28.3 Å². The maximum Gasteiger partial charge on any atom is 0.258 e. The molecular formula is C14H25N5OS. The van der Waals surface area contributed by atoms with Gasteiger partial charge in [0.05, 0.1) is 0 Å². The van der Waals surface area contributed by atoms with Crippen molar-refractivity contribution in [3.8, 4) is 0 Å². The van der Waals surface area contributed by atoms with Crippen LogP contribution in [0.1, 0.15) is 44.0 Å². The van der Waals surface area contributed by atoms with Gasteiger partial charge in [0.15, 0.2) is 5.82 Å². The zero-order chi connectivity index (χ0) is 15.4. The number of nitrogen functional groups attached to an aromatic ring is 1. The average molecular weight is 311 g/mol. The fourth-order valence-electron chi connectivity index (χ4n) is 2.33. The Morgan fingerprint density at radius 2 is 2.24 bits per heavy atom. The smallest absolute Gasteiger partial charge is 0.258 e. The molecule has 0 unspecified atom stereocenters. The van der Waals surface area contributed by atoms with Crippen LogP contribution < -0.4 is 16.4 Å². The van der Waals surface area contributed by atoms with Crippen molar-refractivity contribution < 1.29 is 4.79 Å². The minimum Gasteiger partial charge on any atom is -0.382 e. The highest BCUT2D eigenvalue weighted by atomic mass is 32.1. The summed E-state index contributed by atoms with van der Waals surface area (Å²) in [4.78, 5) is 14.6. The molecule has 1 aliphatic carbocycles. The van der Waals surface area contributed by atoms with E-state index in [1.807, 2.05) is 13.8 Å². The number of nitrogens with one attached hydrogen (secondary N) is 2. The van der Waals surface area contributed by atoms with Crippen molar-refractivity contribution in [1.82, 2.24) is 14.6 Å². The van der Waals surface area contributed by atoms with Crippen molar-refractivity contribution in [2.24, 2.45) is 0 Å². The largest absolute Gasteiger partial charge is 0.382 e. The topological polar surface area (TPSA) is 83.3 Å². The van der Waals surface area contributed by atoms with Gasteiger partial charge in [-0.05, 0) is 44.8 Å². The van der Waals surface area contributed by atoms with E-state index < -0.39 is 0 Å². The molecule has 1 amide bonds. The van der Waals surface area contributed by atoms with E-state index >= 15 is 0 Å². The predicted octanol–water partition coefficient (Wildman–Crippen LogP) is 1.76. The molecule has 1 saturated carbocycles. The maximum absolute atomic E-state index is 12.2. The molecule has 7 heteroatoms. The highest BCUT2D eigenvalue weighted by Gasteiger charge is 2.27. The van der Waals surface area contributed by atoms with E-state index in [2.05, 4.69) is 26.8 Å². The number of nitrogens with two attached hydrogens (primary N) is 1. The quantitative estimate of drug-likeness (QED) is 0.681. The number of aromatic nitrogens is 1. The number of carbonyl (C=O) groups is 1. The third-order valence-corrected chi connectivity index (χ3v) is 4.34. The Bertz CT molecular complexity index is 484. The van der Waals surface area contributed by atoms with Gasteiger partial charge in [-0.1, -0.05) is 6.92 Å². The molecule has 0 aromatic carbocycles. The molecule has 0 spiro atoms. The summed E-state index contributed by atoms with van der Waals surface area (Å²) < 4.78 is 4.09. The molecule has 1 fully saturated rings.